The van der Waals surface area contributed by atoms with Crippen molar-refractivity contribution in [2.75, 3.05) is 0 Å². The molecule has 1 aromatic carbocycles. The Labute approximate surface area is 98.7 Å². The number of rotatable bonds is 3. The highest BCUT2D eigenvalue weighted by atomic mass is 127. The third kappa shape index (κ3) is 3.08. The molecule has 1 aromatic rings. The standard InChI is InChI=1S/C11H15IN2/c1-8(2)7-11(14-13)9-5-3-4-6-10(9)12/h3-7,11,14H,13H2,1-2H3. The van der Waals surface area contributed by atoms with E-state index in [4.69, 9.17) is 5.84 Å². The van der Waals surface area contributed by atoms with E-state index in [2.05, 4.69) is 60.1 Å². The van der Waals surface area contributed by atoms with Gasteiger partial charge in [-0.2, -0.15) is 0 Å². The number of halogens is 1. The van der Waals surface area contributed by atoms with Gasteiger partial charge in [-0.1, -0.05) is 29.8 Å². The maximum atomic E-state index is 5.52. The van der Waals surface area contributed by atoms with Crippen molar-refractivity contribution >= 4 is 22.6 Å². The molecule has 0 bridgehead atoms. The van der Waals surface area contributed by atoms with Crippen molar-refractivity contribution in [3.63, 3.8) is 0 Å². The van der Waals surface area contributed by atoms with Gasteiger partial charge in [-0.15, -0.1) is 0 Å². The van der Waals surface area contributed by atoms with Crippen molar-refractivity contribution < 1.29 is 0 Å². The van der Waals surface area contributed by atoms with Crippen LogP contribution < -0.4 is 11.3 Å². The Balaban J connectivity index is 3.01. The van der Waals surface area contributed by atoms with Crippen molar-refractivity contribution in [2.45, 2.75) is 19.9 Å². The number of nitrogens with one attached hydrogen (secondary N) is 1. The topological polar surface area (TPSA) is 38.0 Å². The van der Waals surface area contributed by atoms with Crippen LogP contribution in [0.3, 0.4) is 0 Å². The van der Waals surface area contributed by atoms with Crippen LogP contribution >= 0.6 is 22.6 Å². The van der Waals surface area contributed by atoms with E-state index in [0.29, 0.717) is 0 Å². The highest BCUT2D eigenvalue weighted by Gasteiger charge is 2.08. The summed E-state index contributed by atoms with van der Waals surface area (Å²) in [5, 5.41) is 0. The second-order valence-corrected chi connectivity index (χ2v) is 4.57. The van der Waals surface area contributed by atoms with Crippen LogP contribution in [-0.4, -0.2) is 0 Å². The average Bonchev–Trinajstić information content (AvgIpc) is 2.15. The summed E-state index contributed by atoms with van der Waals surface area (Å²) in [7, 11) is 0. The van der Waals surface area contributed by atoms with Gasteiger partial charge in [0.1, 0.15) is 0 Å². The molecule has 76 valence electrons. The van der Waals surface area contributed by atoms with E-state index >= 15 is 0 Å². The molecule has 0 saturated heterocycles. The molecule has 0 aliphatic heterocycles. The molecular formula is C11H15IN2. The zero-order valence-corrected chi connectivity index (χ0v) is 10.6. The van der Waals surface area contributed by atoms with Crippen molar-refractivity contribution in [2.24, 2.45) is 5.84 Å². The SMILES string of the molecule is CC(C)=CC(NN)c1ccccc1I. The molecule has 0 heterocycles. The third-order valence-electron chi connectivity index (χ3n) is 1.92. The number of nitrogens with two attached hydrogens (primary N) is 1. The predicted octanol–water partition coefficient (Wildman–Crippen LogP) is 2.76. The highest BCUT2D eigenvalue weighted by Crippen LogP contribution is 2.21. The number of benzene rings is 1. The van der Waals surface area contributed by atoms with Gasteiger partial charge in [0.25, 0.3) is 0 Å². The van der Waals surface area contributed by atoms with Gasteiger partial charge in [0.2, 0.25) is 0 Å². The normalized spacial score (nSPS) is 12.3. The van der Waals surface area contributed by atoms with Gasteiger partial charge in [-0.25, -0.2) is 5.43 Å². The van der Waals surface area contributed by atoms with Crippen molar-refractivity contribution in [3.8, 4) is 0 Å². The molecule has 0 radical (unpaired) electrons. The highest BCUT2D eigenvalue weighted by molar-refractivity contribution is 14.1. The molecule has 3 N–H and O–H groups in total. The van der Waals surface area contributed by atoms with E-state index < -0.39 is 0 Å². The van der Waals surface area contributed by atoms with Crippen LogP contribution in [0, 0.1) is 3.57 Å². The summed E-state index contributed by atoms with van der Waals surface area (Å²) >= 11 is 2.32. The lowest BCUT2D eigenvalue weighted by Crippen LogP contribution is -2.27. The molecule has 0 aliphatic carbocycles. The molecule has 0 aromatic heterocycles. The maximum absolute atomic E-state index is 5.52. The first-order valence-corrected chi connectivity index (χ1v) is 5.58. The zero-order valence-electron chi connectivity index (χ0n) is 8.42. The Morgan fingerprint density at radius 1 is 1.43 bits per heavy atom. The van der Waals surface area contributed by atoms with Crippen molar-refractivity contribution in [1.29, 1.82) is 0 Å². The Hall–Kier alpha value is -0.390. The van der Waals surface area contributed by atoms with Crippen LogP contribution in [0.15, 0.2) is 35.9 Å². The summed E-state index contributed by atoms with van der Waals surface area (Å²) in [6.07, 6.45) is 2.12. The fraction of sp³-hybridized carbons (Fsp3) is 0.273. The summed E-state index contributed by atoms with van der Waals surface area (Å²) < 4.78 is 1.23. The molecule has 0 aliphatic rings. The van der Waals surface area contributed by atoms with E-state index in [1.165, 1.54) is 14.7 Å². The summed E-state index contributed by atoms with van der Waals surface area (Å²) in [5.41, 5.74) is 5.29. The minimum absolute atomic E-state index is 0.105. The molecule has 0 amide bonds. The molecule has 0 spiro atoms. The Bertz CT molecular complexity index is 330. The van der Waals surface area contributed by atoms with Gasteiger partial charge in [-0.3, -0.25) is 5.84 Å². The summed E-state index contributed by atoms with van der Waals surface area (Å²) in [4.78, 5) is 0. The lowest BCUT2D eigenvalue weighted by Gasteiger charge is -2.14. The van der Waals surface area contributed by atoms with Gasteiger partial charge >= 0.3 is 0 Å². The predicted molar refractivity (Wildman–Crippen MR) is 68.7 cm³/mol. The van der Waals surface area contributed by atoms with Crippen LogP contribution in [-0.2, 0) is 0 Å². The average molecular weight is 302 g/mol. The maximum Gasteiger partial charge on any atom is 0.0653 e. The first-order chi connectivity index (χ1) is 6.65. The van der Waals surface area contributed by atoms with E-state index in [1.54, 1.807) is 0 Å². The molecule has 3 heteroatoms. The fourth-order valence-corrected chi connectivity index (χ4v) is 2.01. The third-order valence-corrected chi connectivity index (χ3v) is 2.90. The Kier molecular flexibility index (Phi) is 4.57. The zero-order chi connectivity index (χ0) is 10.6. The molecule has 1 unspecified atom stereocenters. The Morgan fingerprint density at radius 3 is 2.57 bits per heavy atom. The van der Waals surface area contributed by atoms with Crippen molar-refractivity contribution in [1.82, 2.24) is 5.43 Å². The van der Waals surface area contributed by atoms with Gasteiger partial charge in [0, 0.05) is 3.57 Å². The lowest BCUT2D eigenvalue weighted by molar-refractivity contribution is 0.649. The van der Waals surface area contributed by atoms with Gasteiger partial charge in [0.05, 0.1) is 6.04 Å². The van der Waals surface area contributed by atoms with Crippen LogP contribution in [0.1, 0.15) is 25.5 Å². The largest absolute Gasteiger partial charge is 0.271 e. The summed E-state index contributed by atoms with van der Waals surface area (Å²) in [6.45, 7) is 4.14. The molecule has 0 saturated carbocycles. The molecule has 14 heavy (non-hydrogen) atoms. The van der Waals surface area contributed by atoms with Gasteiger partial charge < -0.3 is 0 Å². The minimum Gasteiger partial charge on any atom is -0.271 e. The van der Waals surface area contributed by atoms with Crippen LogP contribution in [0.2, 0.25) is 0 Å². The molecular weight excluding hydrogens is 287 g/mol. The second-order valence-electron chi connectivity index (χ2n) is 3.41. The first-order valence-electron chi connectivity index (χ1n) is 4.50. The number of hydrogen-bond acceptors (Lipinski definition) is 2. The first kappa shape index (κ1) is 11.7. The van der Waals surface area contributed by atoms with Crippen molar-refractivity contribution in [3.05, 3.63) is 45.0 Å². The van der Waals surface area contributed by atoms with Gasteiger partial charge in [0.15, 0.2) is 0 Å². The van der Waals surface area contributed by atoms with Crippen LogP contribution in [0.25, 0.3) is 0 Å². The van der Waals surface area contributed by atoms with E-state index in [-0.39, 0.29) is 6.04 Å². The monoisotopic (exact) mass is 302 g/mol. The van der Waals surface area contributed by atoms with E-state index in [1.807, 2.05) is 12.1 Å². The molecule has 1 atom stereocenters. The van der Waals surface area contributed by atoms with E-state index in [9.17, 15) is 0 Å². The van der Waals surface area contributed by atoms with E-state index in [0.717, 1.165) is 0 Å². The second kappa shape index (κ2) is 5.48. The quantitative estimate of drug-likeness (QED) is 0.390. The molecule has 1 rings (SSSR count). The minimum atomic E-state index is 0.105. The number of hydrogen-bond donors (Lipinski definition) is 2. The lowest BCUT2D eigenvalue weighted by atomic mass is 10.1. The number of hydrazine groups is 1. The molecule has 0 fully saturated rings. The van der Waals surface area contributed by atoms with Crippen LogP contribution in [0.4, 0.5) is 0 Å². The summed E-state index contributed by atoms with van der Waals surface area (Å²) in [6, 6.07) is 8.33. The fourth-order valence-electron chi connectivity index (χ4n) is 1.29. The smallest absolute Gasteiger partial charge is 0.0653 e. The Morgan fingerprint density at radius 2 is 2.07 bits per heavy atom. The summed E-state index contributed by atoms with van der Waals surface area (Å²) in [5.74, 6) is 5.52. The number of allylic oxidation sites excluding steroid dienone is 1. The van der Waals surface area contributed by atoms with Crippen LogP contribution in [0.5, 0.6) is 0 Å². The molecule has 2 nitrogen and oxygen atoms in total. The van der Waals surface area contributed by atoms with Gasteiger partial charge in [-0.05, 0) is 48.1 Å².